The van der Waals surface area contributed by atoms with Crippen LogP contribution in [0.5, 0.6) is 5.75 Å². The molecular weight excluding hydrogens is 278 g/mol. The smallest absolute Gasteiger partial charge is 0.213 e. The number of carbonyl (C=O) groups is 1. The van der Waals surface area contributed by atoms with E-state index in [1.807, 2.05) is 24.3 Å². The molecule has 2 aromatic heterocycles. The molecule has 0 radical (unpaired) electrons. The van der Waals surface area contributed by atoms with Crippen molar-refractivity contribution in [1.29, 1.82) is 0 Å². The molecule has 106 valence electrons. The van der Waals surface area contributed by atoms with Gasteiger partial charge in [0, 0.05) is 16.5 Å². The van der Waals surface area contributed by atoms with Gasteiger partial charge in [-0.15, -0.1) is 0 Å². The standard InChI is InChI=1S/C17H11N3O2/c21-11-7-5-10(6-8-11)17(22)16-15-14(18-9-19-16)12-3-1-2-4-13(12)20-15/h1-9,20-21H. The second kappa shape index (κ2) is 4.66. The third kappa shape index (κ3) is 1.83. The highest BCUT2D eigenvalue weighted by atomic mass is 16.3. The molecule has 2 aromatic carbocycles. The minimum Gasteiger partial charge on any atom is -0.508 e. The lowest BCUT2D eigenvalue weighted by Gasteiger charge is -2.02. The van der Waals surface area contributed by atoms with Gasteiger partial charge in [-0.05, 0) is 30.3 Å². The van der Waals surface area contributed by atoms with Gasteiger partial charge in [-0.1, -0.05) is 18.2 Å². The van der Waals surface area contributed by atoms with E-state index in [0.29, 0.717) is 16.8 Å². The fourth-order valence-electron chi connectivity index (χ4n) is 2.56. The number of ketones is 1. The number of aromatic amines is 1. The third-order valence-corrected chi connectivity index (χ3v) is 3.63. The van der Waals surface area contributed by atoms with Gasteiger partial charge in [0.15, 0.2) is 0 Å². The number of H-pyrrole nitrogens is 1. The molecule has 0 saturated heterocycles. The van der Waals surface area contributed by atoms with Crippen molar-refractivity contribution in [3.63, 3.8) is 0 Å². The first-order valence-corrected chi connectivity index (χ1v) is 6.79. The van der Waals surface area contributed by atoms with E-state index in [9.17, 15) is 9.90 Å². The topological polar surface area (TPSA) is 78.9 Å². The second-order valence-electron chi connectivity index (χ2n) is 4.99. The molecule has 5 nitrogen and oxygen atoms in total. The van der Waals surface area contributed by atoms with Gasteiger partial charge in [-0.2, -0.15) is 0 Å². The number of nitrogens with one attached hydrogen (secondary N) is 1. The number of carbonyl (C=O) groups excluding carboxylic acids is 1. The normalized spacial score (nSPS) is 11.1. The third-order valence-electron chi connectivity index (χ3n) is 3.63. The van der Waals surface area contributed by atoms with Gasteiger partial charge in [-0.3, -0.25) is 4.79 Å². The van der Waals surface area contributed by atoms with Crippen molar-refractivity contribution >= 4 is 27.7 Å². The first kappa shape index (κ1) is 12.5. The van der Waals surface area contributed by atoms with Gasteiger partial charge in [0.25, 0.3) is 0 Å². The molecular formula is C17H11N3O2. The Morgan fingerprint density at radius 3 is 2.59 bits per heavy atom. The summed E-state index contributed by atoms with van der Waals surface area (Å²) in [6.07, 6.45) is 1.40. The Kier molecular flexibility index (Phi) is 2.66. The highest BCUT2D eigenvalue weighted by Crippen LogP contribution is 2.26. The van der Waals surface area contributed by atoms with Crippen molar-refractivity contribution in [2.45, 2.75) is 0 Å². The molecule has 0 aliphatic carbocycles. The molecule has 2 heterocycles. The lowest BCUT2D eigenvalue weighted by molar-refractivity contribution is 0.103. The molecule has 0 bridgehead atoms. The quantitative estimate of drug-likeness (QED) is 0.556. The number of rotatable bonds is 2. The van der Waals surface area contributed by atoms with Gasteiger partial charge < -0.3 is 10.1 Å². The summed E-state index contributed by atoms with van der Waals surface area (Å²) in [5.41, 5.74) is 3.07. The van der Waals surface area contributed by atoms with Crippen molar-refractivity contribution in [3.05, 3.63) is 66.1 Å². The van der Waals surface area contributed by atoms with E-state index < -0.39 is 0 Å². The number of nitrogens with zero attached hydrogens (tertiary/aromatic N) is 2. The molecule has 0 aliphatic heterocycles. The SMILES string of the molecule is O=C(c1ccc(O)cc1)c1ncnc2c1[nH]c1ccccc12. The van der Waals surface area contributed by atoms with Crippen LogP contribution in [-0.2, 0) is 0 Å². The minimum atomic E-state index is -0.209. The number of hydrogen-bond acceptors (Lipinski definition) is 4. The molecule has 0 atom stereocenters. The Morgan fingerprint density at radius 2 is 1.77 bits per heavy atom. The molecule has 0 aliphatic rings. The summed E-state index contributed by atoms with van der Waals surface area (Å²) >= 11 is 0. The zero-order chi connectivity index (χ0) is 15.1. The van der Waals surface area contributed by atoms with Crippen molar-refractivity contribution in [2.24, 2.45) is 0 Å². The lowest BCUT2D eigenvalue weighted by Crippen LogP contribution is -2.05. The molecule has 2 N–H and O–H groups in total. The molecule has 0 saturated carbocycles. The van der Waals surface area contributed by atoms with Crippen LogP contribution in [0.2, 0.25) is 0 Å². The highest BCUT2D eigenvalue weighted by molar-refractivity contribution is 6.17. The first-order chi connectivity index (χ1) is 10.7. The summed E-state index contributed by atoms with van der Waals surface area (Å²) in [7, 11) is 0. The number of para-hydroxylation sites is 1. The zero-order valence-electron chi connectivity index (χ0n) is 11.4. The van der Waals surface area contributed by atoms with E-state index >= 15 is 0 Å². The van der Waals surface area contributed by atoms with Crippen molar-refractivity contribution in [3.8, 4) is 5.75 Å². The van der Waals surface area contributed by atoms with Crippen molar-refractivity contribution in [1.82, 2.24) is 15.0 Å². The van der Waals surface area contributed by atoms with Crippen LogP contribution in [0.4, 0.5) is 0 Å². The maximum Gasteiger partial charge on any atom is 0.213 e. The van der Waals surface area contributed by atoms with Crippen LogP contribution in [0.25, 0.3) is 21.9 Å². The number of benzene rings is 2. The molecule has 0 fully saturated rings. The minimum absolute atomic E-state index is 0.120. The number of phenolic OH excluding ortho intramolecular Hbond substituents is 1. The molecule has 0 amide bonds. The summed E-state index contributed by atoms with van der Waals surface area (Å²) in [4.78, 5) is 24.3. The van der Waals surface area contributed by atoms with Crippen LogP contribution < -0.4 is 0 Å². The number of fused-ring (bicyclic) bond motifs is 3. The largest absolute Gasteiger partial charge is 0.508 e. The van der Waals surface area contributed by atoms with Gasteiger partial charge in [0.1, 0.15) is 17.8 Å². The van der Waals surface area contributed by atoms with E-state index in [0.717, 1.165) is 16.4 Å². The van der Waals surface area contributed by atoms with Crippen LogP contribution in [0, 0.1) is 0 Å². The Hall–Kier alpha value is -3.21. The van der Waals surface area contributed by atoms with Gasteiger partial charge in [-0.25, -0.2) is 9.97 Å². The average molecular weight is 289 g/mol. The summed E-state index contributed by atoms with van der Waals surface area (Å²) in [5, 5.41) is 10.3. The summed E-state index contributed by atoms with van der Waals surface area (Å²) in [6, 6.07) is 13.9. The highest BCUT2D eigenvalue weighted by Gasteiger charge is 2.17. The monoisotopic (exact) mass is 289 g/mol. The Morgan fingerprint density at radius 1 is 1.00 bits per heavy atom. The fraction of sp³-hybridized carbons (Fsp3) is 0. The predicted octanol–water partition coefficient (Wildman–Crippen LogP) is 3.05. The Bertz CT molecular complexity index is 1000. The molecule has 5 heteroatoms. The fourth-order valence-corrected chi connectivity index (χ4v) is 2.56. The van der Waals surface area contributed by atoms with Crippen molar-refractivity contribution < 1.29 is 9.90 Å². The van der Waals surface area contributed by atoms with E-state index in [-0.39, 0.29) is 11.5 Å². The Labute approximate surface area is 125 Å². The summed E-state index contributed by atoms with van der Waals surface area (Å²) in [6.45, 7) is 0. The van der Waals surface area contributed by atoms with Crippen molar-refractivity contribution in [2.75, 3.05) is 0 Å². The van der Waals surface area contributed by atoms with Crippen LogP contribution in [0.3, 0.4) is 0 Å². The number of phenols is 1. The number of aromatic hydroxyl groups is 1. The molecule has 0 unspecified atom stereocenters. The van der Waals surface area contributed by atoms with Crippen LogP contribution in [0.1, 0.15) is 16.1 Å². The molecule has 4 rings (SSSR count). The maximum atomic E-state index is 12.7. The predicted molar refractivity (Wildman–Crippen MR) is 82.9 cm³/mol. The number of hydrogen-bond donors (Lipinski definition) is 2. The second-order valence-corrected chi connectivity index (χ2v) is 4.99. The maximum absolute atomic E-state index is 12.7. The van der Waals surface area contributed by atoms with E-state index in [1.54, 1.807) is 12.1 Å². The Balaban J connectivity index is 1.95. The molecule has 0 spiro atoms. The summed E-state index contributed by atoms with van der Waals surface area (Å²) < 4.78 is 0. The zero-order valence-corrected chi connectivity index (χ0v) is 11.4. The summed E-state index contributed by atoms with van der Waals surface area (Å²) in [5.74, 6) is -0.0889. The lowest BCUT2D eigenvalue weighted by atomic mass is 10.1. The van der Waals surface area contributed by atoms with Gasteiger partial charge in [0.05, 0.1) is 11.0 Å². The van der Waals surface area contributed by atoms with Crippen LogP contribution >= 0.6 is 0 Å². The van der Waals surface area contributed by atoms with Gasteiger partial charge >= 0.3 is 0 Å². The average Bonchev–Trinajstić information content (AvgIpc) is 2.93. The van der Waals surface area contributed by atoms with Gasteiger partial charge in [0.2, 0.25) is 5.78 Å². The molecule has 4 aromatic rings. The first-order valence-electron chi connectivity index (χ1n) is 6.79. The number of aromatic nitrogens is 3. The van der Waals surface area contributed by atoms with Crippen LogP contribution in [0.15, 0.2) is 54.9 Å². The molecule has 22 heavy (non-hydrogen) atoms. The van der Waals surface area contributed by atoms with Crippen LogP contribution in [-0.4, -0.2) is 25.8 Å². The van der Waals surface area contributed by atoms with E-state index in [4.69, 9.17) is 0 Å². The van der Waals surface area contributed by atoms with E-state index in [2.05, 4.69) is 15.0 Å². The van der Waals surface area contributed by atoms with E-state index in [1.165, 1.54) is 18.5 Å².